The normalized spacial score (nSPS) is 9.35. The number of aromatic nitrogens is 2. The summed E-state index contributed by atoms with van der Waals surface area (Å²) >= 11 is 5.92. The van der Waals surface area contributed by atoms with Gasteiger partial charge in [0.05, 0.1) is 11.0 Å². The zero-order valence-electron chi connectivity index (χ0n) is 8.55. The number of para-hydroxylation sites is 2. The van der Waals surface area contributed by atoms with Crippen molar-refractivity contribution in [2.75, 3.05) is 0 Å². The van der Waals surface area contributed by atoms with Gasteiger partial charge in [-0.25, -0.2) is 9.97 Å². The molecule has 1 aromatic carbocycles. The van der Waals surface area contributed by atoms with Gasteiger partial charge in [0.2, 0.25) is 0 Å². The van der Waals surface area contributed by atoms with Gasteiger partial charge in [-0.15, -0.1) is 0 Å². The summed E-state index contributed by atoms with van der Waals surface area (Å²) in [5.41, 5.74) is 1.60. The van der Waals surface area contributed by atoms with Crippen LogP contribution in [0.5, 0.6) is 0 Å². The van der Waals surface area contributed by atoms with E-state index < -0.39 is 0 Å². The van der Waals surface area contributed by atoms with Gasteiger partial charge in [0.1, 0.15) is 23.4 Å². The van der Waals surface area contributed by atoms with E-state index in [2.05, 4.69) is 9.97 Å². The lowest BCUT2D eigenvalue weighted by atomic mass is 10.2. The summed E-state index contributed by atoms with van der Waals surface area (Å²) in [4.78, 5) is 8.37. The predicted octanol–water partition coefficient (Wildman–Crippen LogP) is 2.71. The monoisotopic (exact) mass is 240 g/mol. The van der Waals surface area contributed by atoms with E-state index in [1.165, 1.54) is 6.08 Å². The third kappa shape index (κ3) is 2.23. The lowest BCUT2D eigenvalue weighted by Gasteiger charge is -2.00. The number of hydrogen-bond donors (Lipinski definition) is 0. The molecular weight excluding hydrogens is 236 g/mol. The Hall–Kier alpha value is -2.43. The van der Waals surface area contributed by atoms with Crippen LogP contribution in [0.3, 0.4) is 0 Å². The van der Waals surface area contributed by atoms with Crippen LogP contribution in [-0.4, -0.2) is 9.97 Å². The lowest BCUT2D eigenvalue weighted by Crippen LogP contribution is -1.90. The summed E-state index contributed by atoms with van der Waals surface area (Å²) in [6, 6.07) is 10.7. The molecule has 5 heteroatoms. The van der Waals surface area contributed by atoms with Crippen molar-refractivity contribution < 1.29 is 0 Å². The Labute approximate surface area is 102 Å². The van der Waals surface area contributed by atoms with Crippen LogP contribution in [0.1, 0.15) is 5.69 Å². The summed E-state index contributed by atoms with van der Waals surface area (Å²) in [6.07, 6.45) is 1.32. The molecule has 0 N–H and O–H groups in total. The van der Waals surface area contributed by atoms with E-state index in [0.717, 1.165) is 0 Å². The number of nitrogens with zero attached hydrogens (tertiary/aromatic N) is 4. The predicted molar refractivity (Wildman–Crippen MR) is 63.8 cm³/mol. The van der Waals surface area contributed by atoms with Crippen LogP contribution in [0.15, 0.2) is 29.8 Å². The summed E-state index contributed by atoms with van der Waals surface area (Å²) in [5.74, 6) is 0. The zero-order chi connectivity index (χ0) is 12.3. The molecule has 0 aliphatic heterocycles. The van der Waals surface area contributed by atoms with Gasteiger partial charge in [0.15, 0.2) is 5.15 Å². The van der Waals surface area contributed by atoms with Crippen molar-refractivity contribution in [1.29, 1.82) is 10.5 Å². The smallest absolute Gasteiger partial charge is 0.155 e. The Balaban J connectivity index is 2.64. The van der Waals surface area contributed by atoms with Gasteiger partial charge < -0.3 is 0 Å². The Morgan fingerprint density at radius 3 is 2.29 bits per heavy atom. The number of fused-ring (bicyclic) bond motifs is 1. The van der Waals surface area contributed by atoms with Crippen LogP contribution in [0.25, 0.3) is 17.1 Å². The van der Waals surface area contributed by atoms with Crippen LogP contribution in [0.4, 0.5) is 0 Å². The first kappa shape index (κ1) is 11.1. The van der Waals surface area contributed by atoms with E-state index in [0.29, 0.717) is 16.7 Å². The van der Waals surface area contributed by atoms with Crippen LogP contribution >= 0.6 is 11.6 Å². The molecule has 4 nitrogen and oxygen atoms in total. The van der Waals surface area contributed by atoms with Crippen molar-refractivity contribution in [2.24, 2.45) is 0 Å². The van der Waals surface area contributed by atoms with Crippen molar-refractivity contribution >= 4 is 28.7 Å². The Bertz CT molecular complexity index is 676. The molecule has 2 aromatic rings. The average molecular weight is 241 g/mol. The molecule has 17 heavy (non-hydrogen) atoms. The molecule has 0 spiro atoms. The van der Waals surface area contributed by atoms with Crippen LogP contribution in [0, 0.1) is 22.7 Å². The molecule has 0 fully saturated rings. The van der Waals surface area contributed by atoms with Crippen LogP contribution in [-0.2, 0) is 0 Å². The standard InChI is InChI=1S/C12H5ClN4/c13-12-11(5-8(6-14)7-15)16-9-3-1-2-4-10(9)17-12/h1-5H. The highest BCUT2D eigenvalue weighted by Gasteiger charge is 2.05. The van der Waals surface area contributed by atoms with E-state index in [4.69, 9.17) is 22.1 Å². The van der Waals surface area contributed by atoms with E-state index in [1.807, 2.05) is 12.1 Å². The number of rotatable bonds is 1. The van der Waals surface area contributed by atoms with Gasteiger partial charge in [-0.3, -0.25) is 0 Å². The SMILES string of the molecule is N#CC(C#N)=Cc1nc2ccccc2nc1Cl. The van der Waals surface area contributed by atoms with Gasteiger partial charge >= 0.3 is 0 Å². The highest BCUT2D eigenvalue weighted by Crippen LogP contribution is 2.18. The molecule has 0 bridgehead atoms. The first-order valence-electron chi connectivity index (χ1n) is 4.69. The number of halogens is 1. The van der Waals surface area contributed by atoms with Crippen molar-refractivity contribution in [3.63, 3.8) is 0 Å². The average Bonchev–Trinajstić information content (AvgIpc) is 2.36. The number of nitriles is 2. The summed E-state index contributed by atoms with van der Waals surface area (Å²) in [6.45, 7) is 0. The Morgan fingerprint density at radius 2 is 1.71 bits per heavy atom. The Morgan fingerprint density at radius 1 is 1.12 bits per heavy atom. The minimum absolute atomic E-state index is 0.0588. The number of hydrogen-bond acceptors (Lipinski definition) is 4. The first-order chi connectivity index (χ1) is 8.24. The van der Waals surface area contributed by atoms with Crippen LogP contribution in [0.2, 0.25) is 5.15 Å². The third-order valence-corrected chi connectivity index (χ3v) is 2.35. The third-order valence-electron chi connectivity index (χ3n) is 2.07. The fourth-order valence-electron chi connectivity index (χ4n) is 1.31. The molecule has 0 saturated carbocycles. The molecule has 0 saturated heterocycles. The molecule has 80 valence electrons. The quantitative estimate of drug-likeness (QED) is 0.719. The maximum atomic E-state index is 8.66. The fourth-order valence-corrected chi connectivity index (χ4v) is 1.50. The second kappa shape index (κ2) is 4.61. The largest absolute Gasteiger partial charge is 0.243 e. The topological polar surface area (TPSA) is 73.4 Å². The molecule has 0 unspecified atom stereocenters. The fraction of sp³-hybridized carbons (Fsp3) is 0. The van der Waals surface area contributed by atoms with E-state index in [9.17, 15) is 0 Å². The second-order valence-corrected chi connectivity index (χ2v) is 3.53. The summed E-state index contributed by atoms with van der Waals surface area (Å²) in [7, 11) is 0. The van der Waals surface area contributed by atoms with Crippen molar-refractivity contribution in [1.82, 2.24) is 9.97 Å². The summed E-state index contributed by atoms with van der Waals surface area (Å²) in [5, 5.41) is 17.5. The van der Waals surface area contributed by atoms with E-state index in [-0.39, 0.29) is 10.7 Å². The second-order valence-electron chi connectivity index (χ2n) is 3.17. The zero-order valence-corrected chi connectivity index (χ0v) is 9.31. The van der Waals surface area contributed by atoms with Crippen LogP contribution < -0.4 is 0 Å². The highest BCUT2D eigenvalue weighted by molar-refractivity contribution is 6.31. The van der Waals surface area contributed by atoms with Gasteiger partial charge in [0, 0.05) is 0 Å². The molecule has 2 rings (SSSR count). The van der Waals surface area contributed by atoms with E-state index in [1.54, 1.807) is 24.3 Å². The van der Waals surface area contributed by atoms with Gasteiger partial charge in [-0.2, -0.15) is 10.5 Å². The number of allylic oxidation sites excluding steroid dienone is 1. The maximum absolute atomic E-state index is 8.66. The van der Waals surface area contributed by atoms with E-state index >= 15 is 0 Å². The van der Waals surface area contributed by atoms with Gasteiger partial charge in [-0.05, 0) is 18.2 Å². The Kier molecular flexibility index (Phi) is 3.00. The molecular formula is C12H5ClN4. The minimum atomic E-state index is -0.0588. The maximum Gasteiger partial charge on any atom is 0.155 e. The number of benzene rings is 1. The molecule has 0 atom stereocenters. The highest BCUT2D eigenvalue weighted by atomic mass is 35.5. The van der Waals surface area contributed by atoms with Gasteiger partial charge in [-0.1, -0.05) is 23.7 Å². The molecule has 0 aliphatic rings. The molecule has 0 radical (unpaired) electrons. The molecule has 1 aromatic heterocycles. The minimum Gasteiger partial charge on any atom is -0.243 e. The lowest BCUT2D eigenvalue weighted by molar-refractivity contribution is 1.26. The molecule has 0 amide bonds. The van der Waals surface area contributed by atoms with Crippen molar-refractivity contribution in [3.05, 3.63) is 40.7 Å². The van der Waals surface area contributed by atoms with Crippen molar-refractivity contribution in [2.45, 2.75) is 0 Å². The molecule has 0 aliphatic carbocycles. The van der Waals surface area contributed by atoms with Gasteiger partial charge in [0.25, 0.3) is 0 Å². The first-order valence-corrected chi connectivity index (χ1v) is 5.06. The summed E-state index contributed by atoms with van der Waals surface area (Å²) < 4.78 is 0. The molecule has 1 heterocycles. The van der Waals surface area contributed by atoms with Crippen molar-refractivity contribution in [3.8, 4) is 12.1 Å².